The van der Waals surface area contributed by atoms with Gasteiger partial charge in [0.25, 0.3) is 0 Å². The number of nitrogens with one attached hydrogen (secondary N) is 1. The summed E-state index contributed by atoms with van der Waals surface area (Å²) in [5.41, 5.74) is 8.70. The molecule has 0 aliphatic rings. The van der Waals surface area contributed by atoms with Gasteiger partial charge in [0.2, 0.25) is 0 Å². The van der Waals surface area contributed by atoms with E-state index in [-0.39, 0.29) is 12.1 Å². The molecule has 2 aromatic rings. The Morgan fingerprint density at radius 1 is 0.850 bits per heavy atom. The molecule has 0 fully saturated rings. The van der Waals surface area contributed by atoms with Gasteiger partial charge in [-0.1, -0.05) is 74.5 Å². The third-order valence-electron chi connectivity index (χ3n) is 3.68. The first-order valence-corrected chi connectivity index (χ1v) is 7.27. The maximum atomic E-state index is 6.16. The van der Waals surface area contributed by atoms with Crippen molar-refractivity contribution in [3.05, 3.63) is 71.8 Å². The minimum atomic E-state index is 0.171. The molecule has 2 nitrogen and oxygen atoms in total. The second kappa shape index (κ2) is 7.22. The highest BCUT2D eigenvalue weighted by Gasteiger charge is 2.15. The molecule has 20 heavy (non-hydrogen) atoms. The van der Waals surface area contributed by atoms with Crippen molar-refractivity contribution in [2.45, 2.75) is 25.9 Å². The molecule has 106 valence electrons. The Labute approximate surface area is 122 Å². The lowest BCUT2D eigenvalue weighted by Gasteiger charge is -2.23. The predicted molar refractivity (Wildman–Crippen MR) is 85.5 cm³/mol. The first-order valence-electron chi connectivity index (χ1n) is 7.27. The van der Waals surface area contributed by atoms with Crippen molar-refractivity contribution < 1.29 is 0 Å². The van der Waals surface area contributed by atoms with Gasteiger partial charge < -0.3 is 11.1 Å². The van der Waals surface area contributed by atoms with Gasteiger partial charge in [0, 0.05) is 12.6 Å². The third kappa shape index (κ3) is 3.92. The lowest BCUT2D eigenvalue weighted by atomic mass is 9.97. The molecule has 0 aromatic heterocycles. The summed E-state index contributed by atoms with van der Waals surface area (Å²) in [7, 11) is 0. The zero-order valence-corrected chi connectivity index (χ0v) is 12.3. The fraction of sp³-hybridized carbons (Fsp3) is 0.333. The first kappa shape index (κ1) is 14.8. The van der Waals surface area contributed by atoms with Crippen molar-refractivity contribution >= 4 is 0 Å². The van der Waals surface area contributed by atoms with Crippen molar-refractivity contribution in [2.24, 2.45) is 11.7 Å². The summed E-state index contributed by atoms with van der Waals surface area (Å²) in [6.07, 6.45) is 0. The summed E-state index contributed by atoms with van der Waals surface area (Å²) < 4.78 is 0. The maximum absolute atomic E-state index is 6.16. The van der Waals surface area contributed by atoms with Crippen LogP contribution in [0.25, 0.3) is 0 Å². The number of benzene rings is 2. The Balaban J connectivity index is 2.17. The van der Waals surface area contributed by atoms with Crippen molar-refractivity contribution in [2.75, 3.05) is 6.54 Å². The molecule has 2 aromatic carbocycles. The molecule has 0 bridgehead atoms. The van der Waals surface area contributed by atoms with Gasteiger partial charge in [0.1, 0.15) is 0 Å². The average molecular weight is 268 g/mol. The zero-order chi connectivity index (χ0) is 14.4. The third-order valence-corrected chi connectivity index (χ3v) is 3.68. The second-order valence-corrected chi connectivity index (χ2v) is 5.57. The van der Waals surface area contributed by atoms with E-state index >= 15 is 0 Å². The molecular weight excluding hydrogens is 244 g/mol. The van der Waals surface area contributed by atoms with E-state index in [0.717, 1.165) is 6.54 Å². The van der Waals surface area contributed by atoms with Crippen LogP contribution < -0.4 is 11.1 Å². The van der Waals surface area contributed by atoms with E-state index in [2.05, 4.69) is 67.7 Å². The van der Waals surface area contributed by atoms with Gasteiger partial charge in [-0.2, -0.15) is 0 Å². The van der Waals surface area contributed by atoms with Gasteiger partial charge >= 0.3 is 0 Å². The molecular formula is C18H24N2. The van der Waals surface area contributed by atoms with Crippen LogP contribution in [-0.4, -0.2) is 12.6 Å². The summed E-state index contributed by atoms with van der Waals surface area (Å²) in [4.78, 5) is 0. The normalized spacial score (nSPS) is 12.8. The van der Waals surface area contributed by atoms with Crippen molar-refractivity contribution in [3.63, 3.8) is 0 Å². The van der Waals surface area contributed by atoms with E-state index in [0.29, 0.717) is 5.92 Å². The summed E-state index contributed by atoms with van der Waals surface area (Å²) >= 11 is 0. The van der Waals surface area contributed by atoms with Crippen LogP contribution in [0.15, 0.2) is 60.7 Å². The largest absolute Gasteiger partial charge is 0.326 e. The van der Waals surface area contributed by atoms with Crippen molar-refractivity contribution in [1.82, 2.24) is 5.32 Å². The van der Waals surface area contributed by atoms with Gasteiger partial charge in [-0.25, -0.2) is 0 Å². The number of nitrogens with two attached hydrogens (primary N) is 1. The molecule has 2 rings (SSSR count). The standard InChI is InChI=1S/C18H24N2/c1-14(2)17(19)13-20-18(15-9-5-3-6-10-15)16-11-7-4-8-12-16/h3-12,14,17-18,20H,13,19H2,1-2H3/t17-/m0/s1. The van der Waals surface area contributed by atoms with Crippen LogP contribution in [0.1, 0.15) is 31.0 Å². The molecule has 1 atom stereocenters. The Morgan fingerprint density at radius 3 is 1.70 bits per heavy atom. The van der Waals surface area contributed by atoms with E-state index in [1.807, 2.05) is 12.1 Å². The Kier molecular flexibility index (Phi) is 5.33. The van der Waals surface area contributed by atoms with Crippen LogP contribution in [-0.2, 0) is 0 Å². The Morgan fingerprint density at radius 2 is 1.30 bits per heavy atom. The molecule has 0 saturated heterocycles. The summed E-state index contributed by atoms with van der Waals surface area (Å²) in [6.45, 7) is 5.13. The molecule has 0 radical (unpaired) electrons. The van der Waals surface area contributed by atoms with Gasteiger partial charge in [-0.05, 0) is 17.0 Å². The maximum Gasteiger partial charge on any atom is 0.0577 e. The van der Waals surface area contributed by atoms with E-state index in [9.17, 15) is 0 Å². The van der Waals surface area contributed by atoms with Gasteiger partial charge in [0.15, 0.2) is 0 Å². The van der Waals surface area contributed by atoms with Crippen LogP contribution in [0, 0.1) is 5.92 Å². The summed E-state index contributed by atoms with van der Waals surface area (Å²) in [5.74, 6) is 0.481. The Hall–Kier alpha value is -1.64. The quantitative estimate of drug-likeness (QED) is 0.843. The minimum absolute atomic E-state index is 0.171. The van der Waals surface area contributed by atoms with Crippen LogP contribution >= 0.6 is 0 Å². The molecule has 0 spiro atoms. The van der Waals surface area contributed by atoms with Crippen LogP contribution in [0.3, 0.4) is 0 Å². The molecule has 0 aliphatic carbocycles. The minimum Gasteiger partial charge on any atom is -0.326 e. The second-order valence-electron chi connectivity index (χ2n) is 5.57. The highest BCUT2D eigenvalue weighted by atomic mass is 14.9. The first-order chi connectivity index (χ1) is 9.68. The van der Waals surface area contributed by atoms with Gasteiger partial charge in [-0.15, -0.1) is 0 Å². The summed E-state index contributed by atoms with van der Waals surface area (Å²) in [6, 6.07) is 21.4. The highest BCUT2D eigenvalue weighted by molar-refractivity contribution is 5.31. The Bertz CT molecular complexity index is 454. The van der Waals surface area contributed by atoms with Crippen LogP contribution in [0.2, 0.25) is 0 Å². The molecule has 2 heteroatoms. The topological polar surface area (TPSA) is 38.0 Å². The molecule has 3 N–H and O–H groups in total. The zero-order valence-electron chi connectivity index (χ0n) is 12.3. The molecule has 0 aliphatic heterocycles. The van der Waals surface area contributed by atoms with Gasteiger partial charge in [-0.3, -0.25) is 0 Å². The SMILES string of the molecule is CC(C)[C@@H](N)CNC(c1ccccc1)c1ccccc1. The van der Waals surface area contributed by atoms with Gasteiger partial charge in [0.05, 0.1) is 6.04 Å². The fourth-order valence-corrected chi connectivity index (χ4v) is 2.21. The average Bonchev–Trinajstić information content (AvgIpc) is 2.49. The smallest absolute Gasteiger partial charge is 0.0577 e. The molecule has 0 unspecified atom stereocenters. The van der Waals surface area contributed by atoms with E-state index in [4.69, 9.17) is 5.73 Å². The molecule has 0 saturated carbocycles. The molecule has 0 heterocycles. The van der Waals surface area contributed by atoms with Crippen LogP contribution in [0.4, 0.5) is 0 Å². The monoisotopic (exact) mass is 268 g/mol. The van der Waals surface area contributed by atoms with E-state index < -0.39 is 0 Å². The van der Waals surface area contributed by atoms with E-state index in [1.54, 1.807) is 0 Å². The molecule has 0 amide bonds. The summed E-state index contributed by atoms with van der Waals surface area (Å²) in [5, 5.41) is 3.61. The van der Waals surface area contributed by atoms with Crippen molar-refractivity contribution in [1.29, 1.82) is 0 Å². The number of rotatable bonds is 6. The van der Waals surface area contributed by atoms with Crippen LogP contribution in [0.5, 0.6) is 0 Å². The fourth-order valence-electron chi connectivity index (χ4n) is 2.21. The highest BCUT2D eigenvalue weighted by Crippen LogP contribution is 2.21. The van der Waals surface area contributed by atoms with E-state index in [1.165, 1.54) is 11.1 Å². The van der Waals surface area contributed by atoms with Crippen molar-refractivity contribution in [3.8, 4) is 0 Å². The lowest BCUT2D eigenvalue weighted by molar-refractivity contribution is 0.442. The lowest BCUT2D eigenvalue weighted by Crippen LogP contribution is -2.39. The predicted octanol–water partition coefficient (Wildman–Crippen LogP) is 3.35. The number of hydrogen-bond acceptors (Lipinski definition) is 2. The number of hydrogen-bond donors (Lipinski definition) is 2.